The number of pyridine rings is 1. The zero-order valence-electron chi connectivity index (χ0n) is 15.1. The maximum absolute atomic E-state index is 11.5. The molecule has 1 fully saturated rings. The summed E-state index contributed by atoms with van der Waals surface area (Å²) in [5, 5.41) is 17.5. The van der Waals surface area contributed by atoms with Gasteiger partial charge >= 0.3 is 11.9 Å². The Morgan fingerprint density at radius 3 is 2.37 bits per heavy atom. The highest BCUT2D eigenvalue weighted by molar-refractivity contribution is 5.90. The maximum atomic E-state index is 11.5. The summed E-state index contributed by atoms with van der Waals surface area (Å²) >= 11 is 0. The number of aliphatic carboxylic acids is 2. The van der Waals surface area contributed by atoms with Gasteiger partial charge in [0.05, 0.1) is 5.41 Å². The van der Waals surface area contributed by atoms with Crippen LogP contribution in [0.3, 0.4) is 0 Å². The highest BCUT2D eigenvalue weighted by Gasteiger charge is 2.34. The number of carboxylic acid groups (broad SMARTS) is 2. The fourth-order valence-corrected chi connectivity index (χ4v) is 3.13. The van der Waals surface area contributed by atoms with E-state index in [1.807, 2.05) is 12.3 Å². The Morgan fingerprint density at radius 2 is 1.81 bits per heavy atom. The zero-order chi connectivity index (χ0) is 20.0. The molecule has 144 valence electrons. The Hall–Kier alpha value is -2.96. The minimum absolute atomic E-state index is 0.0341. The first kappa shape index (κ1) is 20.4. The third-order valence-corrected chi connectivity index (χ3v) is 4.84. The van der Waals surface area contributed by atoms with Gasteiger partial charge in [-0.15, -0.1) is 0 Å². The van der Waals surface area contributed by atoms with E-state index in [0.29, 0.717) is 18.6 Å². The third kappa shape index (κ3) is 5.26. The second kappa shape index (κ2) is 8.62. The molecule has 0 saturated heterocycles. The van der Waals surface area contributed by atoms with Crippen LogP contribution in [0.4, 0.5) is 0 Å². The van der Waals surface area contributed by atoms with Crippen LogP contribution in [0.25, 0.3) is 0 Å². The van der Waals surface area contributed by atoms with E-state index in [0.717, 1.165) is 12.8 Å². The molecule has 27 heavy (non-hydrogen) atoms. The Bertz CT molecular complexity index is 840. The van der Waals surface area contributed by atoms with E-state index in [9.17, 15) is 19.2 Å². The van der Waals surface area contributed by atoms with E-state index in [-0.39, 0.29) is 23.6 Å². The van der Waals surface area contributed by atoms with Crippen molar-refractivity contribution in [2.24, 2.45) is 5.41 Å². The number of carbonyl (C=O) groups excluding carboxylic acids is 1. The van der Waals surface area contributed by atoms with Crippen LogP contribution in [-0.2, 0) is 14.4 Å². The smallest absolute Gasteiger partial charge is 0.331 e. The van der Waals surface area contributed by atoms with E-state index in [4.69, 9.17) is 10.2 Å². The quantitative estimate of drug-likeness (QED) is 0.842. The summed E-state index contributed by atoms with van der Waals surface area (Å²) in [5.41, 5.74) is -0.915. The van der Waals surface area contributed by atoms with Gasteiger partial charge in [-0.1, -0.05) is 24.3 Å². The van der Waals surface area contributed by atoms with Gasteiger partial charge in [0.25, 0.3) is 5.56 Å². The standard InChI is InChI=1S/C11H13NO2.C9H10O4/c13-10-6-4-9(5-7-10)12-8-2-1-3-11(12)14;1-9(8(12)13)4-2-3-6(5-9)7(10)11/h1-3,8-9H,4-7H2;2-4H,5H2,1H3,(H,10,11)(H,12,13). The lowest BCUT2D eigenvalue weighted by Crippen LogP contribution is -2.28. The predicted molar refractivity (Wildman–Crippen MR) is 98.4 cm³/mol. The normalized spacial score (nSPS) is 22.4. The third-order valence-electron chi connectivity index (χ3n) is 4.84. The van der Waals surface area contributed by atoms with Gasteiger partial charge in [-0.05, 0) is 32.3 Å². The molecule has 1 saturated carbocycles. The molecule has 7 heteroatoms. The molecule has 1 aromatic heterocycles. The van der Waals surface area contributed by atoms with Crippen LogP contribution in [0.1, 0.15) is 45.1 Å². The predicted octanol–water partition coefficient (Wildman–Crippen LogP) is 2.58. The largest absolute Gasteiger partial charge is 0.481 e. The first-order chi connectivity index (χ1) is 12.7. The number of ketones is 1. The number of carbonyl (C=O) groups is 3. The van der Waals surface area contributed by atoms with Crippen molar-refractivity contribution >= 4 is 17.7 Å². The van der Waals surface area contributed by atoms with Gasteiger partial charge in [-0.3, -0.25) is 14.4 Å². The van der Waals surface area contributed by atoms with E-state index >= 15 is 0 Å². The topological polar surface area (TPSA) is 114 Å². The fraction of sp³-hybridized carbons (Fsp3) is 0.400. The molecule has 0 bridgehead atoms. The van der Waals surface area contributed by atoms with Gasteiger partial charge < -0.3 is 14.8 Å². The van der Waals surface area contributed by atoms with E-state index in [2.05, 4.69) is 0 Å². The van der Waals surface area contributed by atoms with Crippen molar-refractivity contribution in [2.45, 2.75) is 45.1 Å². The van der Waals surface area contributed by atoms with Crippen molar-refractivity contribution in [3.8, 4) is 0 Å². The van der Waals surface area contributed by atoms with Crippen LogP contribution in [0.5, 0.6) is 0 Å². The van der Waals surface area contributed by atoms with E-state index in [1.54, 1.807) is 16.7 Å². The van der Waals surface area contributed by atoms with Gasteiger partial charge in [0.1, 0.15) is 5.78 Å². The molecule has 1 heterocycles. The van der Waals surface area contributed by atoms with Crippen LogP contribution in [0.2, 0.25) is 0 Å². The van der Waals surface area contributed by atoms with E-state index < -0.39 is 17.4 Å². The summed E-state index contributed by atoms with van der Waals surface area (Å²) in [5.74, 6) is -1.74. The average molecular weight is 373 g/mol. The molecular weight excluding hydrogens is 350 g/mol. The molecule has 0 aromatic carbocycles. The van der Waals surface area contributed by atoms with Crippen LogP contribution in [0, 0.1) is 5.41 Å². The first-order valence-electron chi connectivity index (χ1n) is 8.77. The van der Waals surface area contributed by atoms with Crippen molar-refractivity contribution in [1.29, 1.82) is 0 Å². The molecule has 0 radical (unpaired) electrons. The zero-order valence-corrected chi connectivity index (χ0v) is 15.1. The first-order valence-corrected chi connectivity index (χ1v) is 8.77. The van der Waals surface area contributed by atoms with Crippen molar-refractivity contribution in [2.75, 3.05) is 0 Å². The summed E-state index contributed by atoms with van der Waals surface area (Å²) in [6, 6.07) is 5.39. The molecule has 1 atom stereocenters. The summed E-state index contributed by atoms with van der Waals surface area (Å²) in [6.07, 6.45) is 9.09. The van der Waals surface area contributed by atoms with Crippen molar-refractivity contribution in [3.05, 3.63) is 58.6 Å². The molecule has 2 aliphatic rings. The Morgan fingerprint density at radius 1 is 1.15 bits per heavy atom. The summed E-state index contributed by atoms with van der Waals surface area (Å²) in [7, 11) is 0. The highest BCUT2D eigenvalue weighted by atomic mass is 16.4. The van der Waals surface area contributed by atoms with Gasteiger partial charge in [-0.25, -0.2) is 4.79 Å². The molecule has 1 aromatic rings. The van der Waals surface area contributed by atoms with Gasteiger partial charge in [0.2, 0.25) is 0 Å². The minimum Gasteiger partial charge on any atom is -0.481 e. The molecular formula is C20H23NO6. The monoisotopic (exact) mass is 373 g/mol. The van der Waals surface area contributed by atoms with Crippen LogP contribution < -0.4 is 5.56 Å². The van der Waals surface area contributed by atoms with Crippen LogP contribution in [-0.4, -0.2) is 32.5 Å². The van der Waals surface area contributed by atoms with Gasteiger partial charge in [0.15, 0.2) is 0 Å². The number of carboxylic acids is 2. The SMILES string of the molecule is CC1(C(=O)O)C=CC=C(C(=O)O)C1.O=C1CCC(n2ccccc2=O)CC1. The lowest BCUT2D eigenvalue weighted by molar-refractivity contribution is -0.145. The molecule has 2 N–H and O–H groups in total. The molecule has 0 spiro atoms. The number of allylic oxidation sites excluding steroid dienone is 2. The maximum Gasteiger partial charge on any atom is 0.331 e. The van der Waals surface area contributed by atoms with Crippen molar-refractivity contribution in [3.63, 3.8) is 0 Å². The molecule has 2 aliphatic carbocycles. The summed E-state index contributed by atoms with van der Waals surface area (Å²) in [6.45, 7) is 1.50. The number of Topliss-reactive ketones (excluding diaryl/α,β-unsaturated/α-hetero) is 1. The minimum atomic E-state index is -1.08. The van der Waals surface area contributed by atoms with E-state index in [1.165, 1.54) is 25.2 Å². The second-order valence-corrected chi connectivity index (χ2v) is 6.97. The summed E-state index contributed by atoms with van der Waals surface area (Å²) in [4.78, 5) is 43.9. The Kier molecular flexibility index (Phi) is 6.50. The number of hydrogen-bond donors (Lipinski definition) is 2. The number of aromatic nitrogens is 1. The Labute approximate surface area is 156 Å². The van der Waals surface area contributed by atoms with Crippen molar-refractivity contribution < 1.29 is 24.6 Å². The Balaban J connectivity index is 0.000000194. The molecule has 7 nitrogen and oxygen atoms in total. The van der Waals surface area contributed by atoms with Crippen molar-refractivity contribution in [1.82, 2.24) is 4.57 Å². The fourth-order valence-electron chi connectivity index (χ4n) is 3.13. The molecule has 1 unspecified atom stereocenters. The molecule has 3 rings (SSSR count). The summed E-state index contributed by atoms with van der Waals surface area (Å²) < 4.78 is 1.74. The highest BCUT2D eigenvalue weighted by Crippen LogP contribution is 2.31. The van der Waals surface area contributed by atoms with Gasteiger partial charge in [-0.2, -0.15) is 0 Å². The average Bonchev–Trinajstić information content (AvgIpc) is 2.63. The van der Waals surface area contributed by atoms with Crippen LogP contribution in [0.15, 0.2) is 53.0 Å². The number of nitrogens with zero attached hydrogens (tertiary/aromatic N) is 1. The second-order valence-electron chi connectivity index (χ2n) is 6.97. The molecule has 0 amide bonds. The van der Waals surface area contributed by atoms with Gasteiger partial charge in [0, 0.05) is 36.7 Å². The lowest BCUT2D eigenvalue weighted by atomic mass is 9.80. The van der Waals surface area contributed by atoms with Crippen LogP contribution >= 0.6 is 0 Å². The molecule has 0 aliphatic heterocycles. The number of hydrogen-bond acceptors (Lipinski definition) is 4. The lowest BCUT2D eigenvalue weighted by Gasteiger charge is -2.23. The number of rotatable bonds is 3.